The SMILES string of the molecule is O=Cc1ccsc1C(F)(F)F. The number of rotatable bonds is 1. The summed E-state index contributed by atoms with van der Waals surface area (Å²) in [5, 5.41) is 1.24. The van der Waals surface area contributed by atoms with Gasteiger partial charge in [0.1, 0.15) is 4.88 Å². The molecule has 0 amide bonds. The molecule has 1 aromatic heterocycles. The van der Waals surface area contributed by atoms with Crippen LogP contribution in [0.4, 0.5) is 13.2 Å². The summed E-state index contributed by atoms with van der Waals surface area (Å²) in [6, 6.07) is 1.15. The van der Waals surface area contributed by atoms with Crippen molar-refractivity contribution >= 4 is 17.6 Å². The second-order valence-electron chi connectivity index (χ2n) is 1.82. The minimum absolute atomic E-state index is 0.208. The molecule has 0 unspecified atom stereocenters. The molecule has 1 heterocycles. The third kappa shape index (κ3) is 1.59. The standard InChI is InChI=1S/C6H3F3OS/c7-6(8,9)5-4(3-10)1-2-11-5/h1-3H. The van der Waals surface area contributed by atoms with Crippen LogP contribution in [0.25, 0.3) is 0 Å². The summed E-state index contributed by atoms with van der Waals surface area (Å²) in [5.41, 5.74) is -0.289. The number of halogens is 3. The number of hydrogen-bond acceptors (Lipinski definition) is 2. The van der Waals surface area contributed by atoms with E-state index in [0.29, 0.717) is 11.3 Å². The first kappa shape index (κ1) is 8.26. The van der Waals surface area contributed by atoms with Crippen LogP contribution in [0.15, 0.2) is 11.4 Å². The van der Waals surface area contributed by atoms with Crippen molar-refractivity contribution in [1.29, 1.82) is 0 Å². The van der Waals surface area contributed by atoms with Gasteiger partial charge in [0.15, 0.2) is 6.29 Å². The molecule has 0 atom stereocenters. The molecule has 0 bridgehead atoms. The molecule has 0 fully saturated rings. The van der Waals surface area contributed by atoms with Gasteiger partial charge in [-0.3, -0.25) is 4.79 Å². The second kappa shape index (κ2) is 2.65. The summed E-state index contributed by atoms with van der Waals surface area (Å²) in [5.74, 6) is 0. The molecule has 1 nitrogen and oxygen atoms in total. The zero-order valence-corrected chi connectivity index (χ0v) is 6.00. The smallest absolute Gasteiger partial charge is 0.298 e. The van der Waals surface area contributed by atoms with E-state index >= 15 is 0 Å². The highest BCUT2D eigenvalue weighted by atomic mass is 32.1. The van der Waals surface area contributed by atoms with Gasteiger partial charge in [0.2, 0.25) is 0 Å². The zero-order chi connectivity index (χ0) is 8.48. The molecule has 0 radical (unpaired) electrons. The number of thiophene rings is 1. The Morgan fingerprint density at radius 3 is 2.45 bits per heavy atom. The predicted molar refractivity (Wildman–Crippen MR) is 34.7 cm³/mol. The lowest BCUT2D eigenvalue weighted by Gasteiger charge is -2.02. The van der Waals surface area contributed by atoms with Crippen molar-refractivity contribution in [3.8, 4) is 0 Å². The van der Waals surface area contributed by atoms with Gasteiger partial charge in [0.05, 0.1) is 0 Å². The Kier molecular flexibility index (Phi) is 1.99. The van der Waals surface area contributed by atoms with Gasteiger partial charge in [-0.15, -0.1) is 11.3 Å². The molecule has 0 spiro atoms. The van der Waals surface area contributed by atoms with Gasteiger partial charge in [-0.2, -0.15) is 13.2 Å². The van der Waals surface area contributed by atoms with Crippen molar-refractivity contribution in [3.05, 3.63) is 21.9 Å². The van der Waals surface area contributed by atoms with Gasteiger partial charge in [-0.1, -0.05) is 0 Å². The average Bonchev–Trinajstić information content (AvgIpc) is 2.31. The molecular formula is C6H3F3OS. The van der Waals surface area contributed by atoms with Crippen molar-refractivity contribution in [2.45, 2.75) is 6.18 Å². The third-order valence-corrected chi connectivity index (χ3v) is 2.06. The van der Waals surface area contributed by atoms with E-state index in [1.54, 1.807) is 0 Å². The molecule has 0 aliphatic carbocycles. The Hall–Kier alpha value is -0.840. The van der Waals surface area contributed by atoms with Crippen LogP contribution in [-0.2, 0) is 6.18 Å². The number of carbonyl (C=O) groups is 1. The van der Waals surface area contributed by atoms with Crippen LogP contribution < -0.4 is 0 Å². The summed E-state index contributed by atoms with van der Waals surface area (Å²) in [7, 11) is 0. The highest BCUT2D eigenvalue weighted by Gasteiger charge is 2.34. The summed E-state index contributed by atoms with van der Waals surface area (Å²) >= 11 is 0.525. The van der Waals surface area contributed by atoms with E-state index in [1.165, 1.54) is 5.38 Å². The third-order valence-electron chi connectivity index (χ3n) is 1.08. The van der Waals surface area contributed by atoms with Gasteiger partial charge in [-0.05, 0) is 11.4 Å². The van der Waals surface area contributed by atoms with Crippen molar-refractivity contribution in [1.82, 2.24) is 0 Å². The quantitative estimate of drug-likeness (QED) is 0.607. The normalized spacial score (nSPS) is 11.5. The molecule has 60 valence electrons. The summed E-state index contributed by atoms with van der Waals surface area (Å²) in [4.78, 5) is 9.22. The summed E-state index contributed by atoms with van der Waals surface area (Å²) < 4.78 is 35.8. The first-order chi connectivity index (χ1) is 5.05. The van der Waals surface area contributed by atoms with Crippen LogP contribution in [0.5, 0.6) is 0 Å². The largest absolute Gasteiger partial charge is 0.426 e. The predicted octanol–water partition coefficient (Wildman–Crippen LogP) is 2.58. The molecule has 0 aromatic carbocycles. The highest BCUT2D eigenvalue weighted by molar-refractivity contribution is 7.10. The number of alkyl halides is 3. The van der Waals surface area contributed by atoms with E-state index < -0.39 is 11.1 Å². The van der Waals surface area contributed by atoms with Gasteiger partial charge in [-0.25, -0.2) is 0 Å². The Labute approximate surface area is 64.5 Å². The van der Waals surface area contributed by atoms with Gasteiger partial charge in [0, 0.05) is 5.56 Å². The molecule has 11 heavy (non-hydrogen) atoms. The first-order valence-corrected chi connectivity index (χ1v) is 3.53. The molecule has 0 saturated heterocycles. The van der Waals surface area contributed by atoms with Crippen LogP contribution >= 0.6 is 11.3 Å². The fourth-order valence-electron chi connectivity index (χ4n) is 0.642. The molecule has 1 aromatic rings. The first-order valence-electron chi connectivity index (χ1n) is 2.65. The van der Waals surface area contributed by atoms with Crippen molar-refractivity contribution < 1.29 is 18.0 Å². The van der Waals surface area contributed by atoms with E-state index in [4.69, 9.17) is 0 Å². The van der Waals surface area contributed by atoms with Crippen LogP contribution in [0.1, 0.15) is 15.2 Å². The monoisotopic (exact) mass is 180 g/mol. The topological polar surface area (TPSA) is 17.1 Å². The van der Waals surface area contributed by atoms with Gasteiger partial charge < -0.3 is 0 Å². The van der Waals surface area contributed by atoms with Crippen LogP contribution in [0.3, 0.4) is 0 Å². The number of hydrogen-bond donors (Lipinski definition) is 0. The maximum absolute atomic E-state index is 11.9. The van der Waals surface area contributed by atoms with E-state index in [-0.39, 0.29) is 11.8 Å². The summed E-state index contributed by atoms with van der Waals surface area (Å²) in [6.45, 7) is 0. The van der Waals surface area contributed by atoms with Crippen LogP contribution in [0.2, 0.25) is 0 Å². The minimum atomic E-state index is -4.40. The lowest BCUT2D eigenvalue weighted by atomic mass is 10.3. The lowest BCUT2D eigenvalue weighted by molar-refractivity contribution is -0.134. The van der Waals surface area contributed by atoms with E-state index in [2.05, 4.69) is 0 Å². The van der Waals surface area contributed by atoms with Crippen molar-refractivity contribution in [2.24, 2.45) is 0 Å². The zero-order valence-electron chi connectivity index (χ0n) is 5.18. The Morgan fingerprint density at radius 2 is 2.09 bits per heavy atom. The molecule has 1 rings (SSSR count). The molecule has 0 aliphatic rings. The Morgan fingerprint density at radius 1 is 1.45 bits per heavy atom. The average molecular weight is 180 g/mol. The summed E-state index contributed by atoms with van der Waals surface area (Å²) in [6.07, 6.45) is -4.19. The Bertz CT molecular complexity index is 263. The van der Waals surface area contributed by atoms with E-state index in [0.717, 1.165) is 6.07 Å². The molecule has 0 aliphatic heterocycles. The second-order valence-corrected chi connectivity index (χ2v) is 2.74. The molecular weight excluding hydrogens is 177 g/mol. The molecule has 0 saturated carbocycles. The van der Waals surface area contributed by atoms with E-state index in [9.17, 15) is 18.0 Å². The fourth-order valence-corrected chi connectivity index (χ4v) is 1.38. The maximum atomic E-state index is 11.9. The highest BCUT2D eigenvalue weighted by Crippen LogP contribution is 2.34. The molecule has 0 N–H and O–H groups in total. The minimum Gasteiger partial charge on any atom is -0.298 e. The van der Waals surface area contributed by atoms with Gasteiger partial charge >= 0.3 is 6.18 Å². The number of aldehydes is 1. The maximum Gasteiger partial charge on any atom is 0.426 e. The lowest BCUT2D eigenvalue weighted by Crippen LogP contribution is -2.04. The van der Waals surface area contributed by atoms with Gasteiger partial charge in [0.25, 0.3) is 0 Å². The van der Waals surface area contributed by atoms with Crippen LogP contribution in [-0.4, -0.2) is 6.29 Å². The molecule has 5 heteroatoms. The van der Waals surface area contributed by atoms with Crippen LogP contribution in [0, 0.1) is 0 Å². The van der Waals surface area contributed by atoms with Crippen molar-refractivity contribution in [2.75, 3.05) is 0 Å². The number of carbonyl (C=O) groups excluding carboxylic acids is 1. The Balaban J connectivity index is 3.12. The van der Waals surface area contributed by atoms with Crippen molar-refractivity contribution in [3.63, 3.8) is 0 Å². The van der Waals surface area contributed by atoms with E-state index in [1.807, 2.05) is 0 Å². The fraction of sp³-hybridized carbons (Fsp3) is 0.167.